The minimum atomic E-state index is 0.302. The zero-order valence-corrected chi connectivity index (χ0v) is 13.8. The predicted octanol–water partition coefficient (Wildman–Crippen LogP) is 3.73. The third-order valence-electron chi connectivity index (χ3n) is 4.41. The molecule has 3 nitrogen and oxygen atoms in total. The molecule has 3 heteroatoms. The van der Waals surface area contributed by atoms with E-state index in [1.807, 2.05) is 11.9 Å². The van der Waals surface area contributed by atoms with Crippen LogP contribution in [0.25, 0.3) is 0 Å². The molecule has 1 aliphatic rings. The average molecular weight is 282 g/mol. The van der Waals surface area contributed by atoms with Crippen molar-refractivity contribution in [2.75, 3.05) is 13.6 Å². The molecule has 0 saturated carbocycles. The molecule has 20 heavy (non-hydrogen) atoms. The van der Waals surface area contributed by atoms with Crippen LogP contribution in [0.2, 0.25) is 0 Å². The summed E-state index contributed by atoms with van der Waals surface area (Å²) in [5.41, 5.74) is 0. The van der Waals surface area contributed by atoms with E-state index in [9.17, 15) is 4.79 Å². The normalized spacial score (nSPS) is 19.9. The van der Waals surface area contributed by atoms with Gasteiger partial charge in [0.2, 0.25) is 5.91 Å². The van der Waals surface area contributed by atoms with Gasteiger partial charge in [0.15, 0.2) is 0 Å². The number of amides is 1. The Morgan fingerprint density at radius 1 is 1.15 bits per heavy atom. The number of hydrogen-bond acceptors (Lipinski definition) is 2. The molecule has 0 aromatic rings. The largest absolute Gasteiger partial charge is 0.344 e. The Hall–Kier alpha value is -0.570. The first kappa shape index (κ1) is 17.5. The van der Waals surface area contributed by atoms with Crippen LogP contribution in [0.4, 0.5) is 0 Å². The van der Waals surface area contributed by atoms with Crippen molar-refractivity contribution >= 4 is 5.91 Å². The highest BCUT2D eigenvalue weighted by molar-refractivity contribution is 5.76. The zero-order chi connectivity index (χ0) is 14.8. The Bertz CT molecular complexity index is 258. The number of unbranched alkanes of at least 4 members (excludes halogenated alkanes) is 4. The molecular formula is C17H34N2O. The van der Waals surface area contributed by atoms with E-state index in [1.165, 1.54) is 51.4 Å². The Labute approximate surface area is 125 Å². The smallest absolute Gasteiger partial charge is 0.222 e. The number of likely N-dealkylation sites (N-methyl/N-ethyl adjacent to an activating group) is 1. The van der Waals surface area contributed by atoms with Crippen LogP contribution in [0, 0.1) is 0 Å². The van der Waals surface area contributed by atoms with Crippen molar-refractivity contribution in [3.63, 3.8) is 0 Å². The molecule has 1 amide bonds. The van der Waals surface area contributed by atoms with Crippen molar-refractivity contribution in [2.24, 2.45) is 0 Å². The van der Waals surface area contributed by atoms with Crippen molar-refractivity contribution in [1.29, 1.82) is 0 Å². The number of nitrogens with zero attached hydrogens (tertiary/aromatic N) is 1. The van der Waals surface area contributed by atoms with E-state index in [0.717, 1.165) is 13.0 Å². The van der Waals surface area contributed by atoms with E-state index in [2.05, 4.69) is 19.2 Å². The molecule has 0 spiro atoms. The molecule has 0 radical (unpaired) electrons. The lowest BCUT2D eigenvalue weighted by Gasteiger charge is -2.33. The van der Waals surface area contributed by atoms with Gasteiger partial charge in [-0.3, -0.25) is 4.79 Å². The molecule has 0 aromatic carbocycles. The maximum Gasteiger partial charge on any atom is 0.222 e. The minimum absolute atomic E-state index is 0.302. The van der Waals surface area contributed by atoms with Gasteiger partial charge in [0.25, 0.3) is 0 Å². The SMILES string of the molecule is CCCCCC(CCCCC)NC1CCC(=O)N(C)C1. The highest BCUT2D eigenvalue weighted by Crippen LogP contribution is 2.15. The molecule has 1 saturated heterocycles. The van der Waals surface area contributed by atoms with E-state index in [4.69, 9.17) is 0 Å². The molecule has 1 rings (SSSR count). The second-order valence-electron chi connectivity index (χ2n) is 6.37. The molecule has 1 fully saturated rings. The maximum absolute atomic E-state index is 11.5. The van der Waals surface area contributed by atoms with Gasteiger partial charge in [-0.1, -0.05) is 52.4 Å². The number of hydrogen-bond donors (Lipinski definition) is 1. The van der Waals surface area contributed by atoms with E-state index in [-0.39, 0.29) is 0 Å². The van der Waals surface area contributed by atoms with Crippen LogP contribution in [0.15, 0.2) is 0 Å². The molecule has 1 N–H and O–H groups in total. The van der Waals surface area contributed by atoms with Gasteiger partial charge in [-0.05, 0) is 19.3 Å². The number of rotatable bonds is 10. The molecule has 1 unspecified atom stereocenters. The third kappa shape index (κ3) is 6.74. The van der Waals surface area contributed by atoms with Crippen LogP contribution < -0.4 is 5.32 Å². The topological polar surface area (TPSA) is 32.3 Å². The molecule has 118 valence electrons. The van der Waals surface area contributed by atoms with Gasteiger partial charge < -0.3 is 10.2 Å². The average Bonchev–Trinajstić information content (AvgIpc) is 2.43. The third-order valence-corrected chi connectivity index (χ3v) is 4.41. The standard InChI is InChI=1S/C17H34N2O/c1-4-6-8-10-15(11-9-7-5-2)18-16-12-13-17(20)19(3)14-16/h15-16,18H,4-14H2,1-3H3. The van der Waals surface area contributed by atoms with Crippen LogP contribution in [0.5, 0.6) is 0 Å². The zero-order valence-electron chi connectivity index (χ0n) is 13.8. The number of likely N-dealkylation sites (tertiary alicyclic amines) is 1. The fourth-order valence-corrected chi connectivity index (χ4v) is 3.07. The van der Waals surface area contributed by atoms with E-state index in [1.54, 1.807) is 0 Å². The quantitative estimate of drug-likeness (QED) is 0.619. The van der Waals surface area contributed by atoms with Crippen LogP contribution in [-0.2, 0) is 4.79 Å². The van der Waals surface area contributed by atoms with E-state index >= 15 is 0 Å². The number of nitrogens with one attached hydrogen (secondary N) is 1. The summed E-state index contributed by atoms with van der Waals surface area (Å²) >= 11 is 0. The lowest BCUT2D eigenvalue weighted by atomic mass is 9.98. The fourth-order valence-electron chi connectivity index (χ4n) is 3.07. The summed E-state index contributed by atoms with van der Waals surface area (Å²) in [6, 6.07) is 1.16. The van der Waals surface area contributed by atoms with Gasteiger partial charge in [-0.2, -0.15) is 0 Å². The summed E-state index contributed by atoms with van der Waals surface area (Å²) in [5, 5.41) is 3.83. The van der Waals surface area contributed by atoms with Gasteiger partial charge in [0.1, 0.15) is 0 Å². The summed E-state index contributed by atoms with van der Waals surface area (Å²) in [4.78, 5) is 13.4. The van der Waals surface area contributed by atoms with Gasteiger partial charge in [-0.15, -0.1) is 0 Å². The lowest BCUT2D eigenvalue weighted by molar-refractivity contribution is -0.132. The van der Waals surface area contributed by atoms with E-state index in [0.29, 0.717) is 24.4 Å². The number of carbonyl (C=O) groups is 1. The summed E-state index contributed by atoms with van der Waals surface area (Å²) in [6.07, 6.45) is 12.3. The first-order valence-corrected chi connectivity index (χ1v) is 8.67. The van der Waals surface area contributed by atoms with Crippen molar-refractivity contribution in [1.82, 2.24) is 10.2 Å². The van der Waals surface area contributed by atoms with Crippen molar-refractivity contribution in [3.05, 3.63) is 0 Å². The van der Waals surface area contributed by atoms with Crippen LogP contribution in [0.3, 0.4) is 0 Å². The summed E-state index contributed by atoms with van der Waals surface area (Å²) < 4.78 is 0. The predicted molar refractivity (Wildman–Crippen MR) is 85.9 cm³/mol. The van der Waals surface area contributed by atoms with Crippen molar-refractivity contribution < 1.29 is 4.79 Å². The van der Waals surface area contributed by atoms with Crippen molar-refractivity contribution in [2.45, 2.75) is 90.1 Å². The first-order valence-electron chi connectivity index (χ1n) is 8.67. The molecule has 1 aliphatic heterocycles. The monoisotopic (exact) mass is 282 g/mol. The highest BCUT2D eigenvalue weighted by Gasteiger charge is 2.24. The van der Waals surface area contributed by atoms with Gasteiger partial charge >= 0.3 is 0 Å². The Morgan fingerprint density at radius 2 is 1.75 bits per heavy atom. The summed E-state index contributed by atoms with van der Waals surface area (Å²) in [7, 11) is 1.93. The molecule has 1 heterocycles. The molecule has 1 atom stereocenters. The Balaban J connectivity index is 2.35. The van der Waals surface area contributed by atoms with Crippen LogP contribution in [-0.4, -0.2) is 36.5 Å². The second kappa shape index (κ2) is 10.2. The van der Waals surface area contributed by atoms with Crippen molar-refractivity contribution in [3.8, 4) is 0 Å². The number of piperidine rings is 1. The maximum atomic E-state index is 11.5. The first-order chi connectivity index (χ1) is 9.67. The lowest BCUT2D eigenvalue weighted by Crippen LogP contribution is -2.49. The summed E-state index contributed by atoms with van der Waals surface area (Å²) in [5.74, 6) is 0.302. The van der Waals surface area contributed by atoms with Gasteiger partial charge in [0.05, 0.1) is 0 Å². The fraction of sp³-hybridized carbons (Fsp3) is 0.941. The number of carbonyl (C=O) groups excluding carboxylic acids is 1. The van der Waals surface area contributed by atoms with Crippen LogP contribution in [0.1, 0.15) is 78.1 Å². The van der Waals surface area contributed by atoms with E-state index < -0.39 is 0 Å². The summed E-state index contributed by atoms with van der Waals surface area (Å²) in [6.45, 7) is 5.42. The molecular weight excluding hydrogens is 248 g/mol. The van der Waals surface area contributed by atoms with Crippen LogP contribution >= 0.6 is 0 Å². The van der Waals surface area contributed by atoms with Gasteiger partial charge in [0, 0.05) is 32.1 Å². The van der Waals surface area contributed by atoms with Gasteiger partial charge in [-0.25, -0.2) is 0 Å². The highest BCUT2D eigenvalue weighted by atomic mass is 16.2. The molecule has 0 aromatic heterocycles. The molecule has 0 aliphatic carbocycles. The molecule has 0 bridgehead atoms. The minimum Gasteiger partial charge on any atom is -0.344 e. The second-order valence-corrected chi connectivity index (χ2v) is 6.37. The Kier molecular flexibility index (Phi) is 8.92. The Morgan fingerprint density at radius 3 is 2.25 bits per heavy atom.